The van der Waals surface area contributed by atoms with Crippen molar-refractivity contribution in [3.8, 4) is 0 Å². The van der Waals surface area contributed by atoms with Crippen LogP contribution in [0.5, 0.6) is 0 Å². The van der Waals surface area contributed by atoms with E-state index >= 15 is 0 Å². The second-order valence-corrected chi connectivity index (χ2v) is 4.14. The average molecular weight is 254 g/mol. The van der Waals surface area contributed by atoms with E-state index in [0.29, 0.717) is 22.3 Å². The third kappa shape index (κ3) is 3.67. The van der Waals surface area contributed by atoms with Crippen LogP contribution in [0.25, 0.3) is 0 Å². The molecular formula is C11H14N2O3S. The topological polar surface area (TPSA) is 68.3 Å². The minimum atomic E-state index is -0.408. The smallest absolute Gasteiger partial charge is 0.350 e. The van der Waals surface area contributed by atoms with Crippen molar-refractivity contribution in [1.82, 2.24) is 4.98 Å². The van der Waals surface area contributed by atoms with Crippen molar-refractivity contribution in [2.24, 2.45) is 0 Å². The highest BCUT2D eigenvalue weighted by Crippen LogP contribution is 2.23. The Morgan fingerprint density at radius 1 is 1.53 bits per heavy atom. The van der Waals surface area contributed by atoms with Gasteiger partial charge in [0.25, 0.3) is 0 Å². The van der Waals surface area contributed by atoms with Crippen LogP contribution in [0.4, 0.5) is 5.13 Å². The van der Waals surface area contributed by atoms with Gasteiger partial charge in [-0.1, -0.05) is 17.4 Å². The molecule has 0 saturated carbocycles. The normalized spacial score (nSPS) is 10.5. The van der Waals surface area contributed by atoms with Crippen LogP contribution in [0.15, 0.2) is 12.2 Å². The summed E-state index contributed by atoms with van der Waals surface area (Å²) in [5.41, 5.74) is 0.559. The molecule has 17 heavy (non-hydrogen) atoms. The van der Waals surface area contributed by atoms with Gasteiger partial charge in [0.1, 0.15) is 4.88 Å². The van der Waals surface area contributed by atoms with Gasteiger partial charge in [-0.2, -0.15) is 0 Å². The zero-order valence-corrected chi connectivity index (χ0v) is 10.8. The van der Waals surface area contributed by atoms with Crippen molar-refractivity contribution in [2.75, 3.05) is 11.9 Å². The van der Waals surface area contributed by atoms with Gasteiger partial charge in [0.15, 0.2) is 5.13 Å². The van der Waals surface area contributed by atoms with E-state index in [4.69, 9.17) is 4.74 Å². The molecule has 1 heterocycles. The molecule has 0 radical (unpaired) electrons. The van der Waals surface area contributed by atoms with Crippen molar-refractivity contribution >= 4 is 28.3 Å². The van der Waals surface area contributed by atoms with Crippen molar-refractivity contribution in [3.05, 3.63) is 22.7 Å². The van der Waals surface area contributed by atoms with E-state index in [1.807, 2.05) is 0 Å². The second-order valence-electron chi connectivity index (χ2n) is 3.14. The molecule has 0 fully saturated rings. The Hall–Kier alpha value is -1.69. The van der Waals surface area contributed by atoms with E-state index < -0.39 is 5.97 Å². The van der Waals surface area contributed by atoms with Gasteiger partial charge in [-0.25, -0.2) is 9.78 Å². The molecule has 0 spiro atoms. The van der Waals surface area contributed by atoms with Gasteiger partial charge in [0.05, 0.1) is 12.3 Å². The largest absolute Gasteiger partial charge is 0.462 e. The predicted octanol–water partition coefficient (Wildman–Crippen LogP) is 2.14. The predicted molar refractivity (Wildman–Crippen MR) is 66.3 cm³/mol. The summed E-state index contributed by atoms with van der Waals surface area (Å²) in [6.07, 6.45) is 3.02. The average Bonchev–Trinajstić information content (AvgIpc) is 2.60. The maximum Gasteiger partial charge on any atom is 0.350 e. The number of nitrogens with zero attached hydrogens (tertiary/aromatic N) is 1. The van der Waals surface area contributed by atoms with Crippen LogP contribution in [0, 0.1) is 6.92 Å². The van der Waals surface area contributed by atoms with Crippen LogP contribution in [-0.2, 0) is 9.53 Å². The van der Waals surface area contributed by atoms with Gasteiger partial charge >= 0.3 is 5.97 Å². The van der Waals surface area contributed by atoms with Gasteiger partial charge in [-0.05, 0) is 26.8 Å². The minimum Gasteiger partial charge on any atom is -0.462 e. The van der Waals surface area contributed by atoms with Crippen LogP contribution in [0.3, 0.4) is 0 Å². The Balaban J connectivity index is 2.81. The van der Waals surface area contributed by atoms with E-state index in [1.165, 1.54) is 6.08 Å². The molecule has 6 heteroatoms. The number of thiazole rings is 1. The number of carbonyl (C=O) groups excluding carboxylic acids is 2. The van der Waals surface area contributed by atoms with Crippen LogP contribution in [-0.4, -0.2) is 23.5 Å². The van der Waals surface area contributed by atoms with Gasteiger partial charge < -0.3 is 4.74 Å². The van der Waals surface area contributed by atoms with E-state index in [2.05, 4.69) is 10.3 Å². The molecule has 1 aromatic heterocycles. The summed E-state index contributed by atoms with van der Waals surface area (Å²) in [7, 11) is 0. The fourth-order valence-electron chi connectivity index (χ4n) is 1.13. The molecule has 0 bridgehead atoms. The summed E-state index contributed by atoms with van der Waals surface area (Å²) in [5, 5.41) is 2.97. The lowest BCUT2D eigenvalue weighted by Gasteiger charge is -1.97. The summed E-state index contributed by atoms with van der Waals surface area (Å²) in [4.78, 5) is 27.3. The number of aryl methyl sites for hydroxylation is 1. The summed E-state index contributed by atoms with van der Waals surface area (Å²) in [5.74, 6) is -0.675. The van der Waals surface area contributed by atoms with Crippen LogP contribution in [0.2, 0.25) is 0 Å². The lowest BCUT2D eigenvalue weighted by Crippen LogP contribution is -2.07. The van der Waals surface area contributed by atoms with Crippen LogP contribution in [0.1, 0.15) is 29.2 Å². The highest BCUT2D eigenvalue weighted by atomic mass is 32.1. The monoisotopic (exact) mass is 254 g/mol. The second kappa shape index (κ2) is 6.15. The number of rotatable bonds is 4. The third-order valence-electron chi connectivity index (χ3n) is 1.81. The van der Waals surface area contributed by atoms with Crippen LogP contribution < -0.4 is 5.32 Å². The number of anilines is 1. The first-order valence-electron chi connectivity index (χ1n) is 5.16. The number of esters is 1. The molecule has 0 saturated heterocycles. The molecule has 1 aromatic rings. The van der Waals surface area contributed by atoms with Gasteiger partial charge in [-0.15, -0.1) is 0 Å². The van der Waals surface area contributed by atoms with Crippen molar-refractivity contribution in [1.29, 1.82) is 0 Å². The molecule has 0 aliphatic carbocycles. The number of carbonyl (C=O) groups is 2. The first kappa shape index (κ1) is 13.4. The Bertz CT molecular complexity index is 452. The van der Waals surface area contributed by atoms with Gasteiger partial charge in [0, 0.05) is 0 Å². The standard InChI is InChI=1S/C11H14N2O3S/c1-4-6-8(14)13-11-12-7(3)9(17-11)10(15)16-5-2/h4,6H,5H2,1-3H3,(H,12,13,14)/b6-4+. The molecule has 1 N–H and O–H groups in total. The Labute approximate surface area is 104 Å². The number of hydrogen-bond donors (Lipinski definition) is 1. The number of nitrogens with one attached hydrogen (secondary N) is 1. The zero-order valence-electron chi connectivity index (χ0n) is 9.94. The lowest BCUT2D eigenvalue weighted by atomic mass is 10.4. The molecule has 5 nitrogen and oxygen atoms in total. The Morgan fingerprint density at radius 3 is 2.82 bits per heavy atom. The first-order valence-corrected chi connectivity index (χ1v) is 5.98. The Kier molecular flexibility index (Phi) is 4.84. The zero-order chi connectivity index (χ0) is 12.8. The molecule has 1 rings (SSSR count). The highest BCUT2D eigenvalue weighted by Gasteiger charge is 2.16. The van der Waals surface area contributed by atoms with E-state index in [-0.39, 0.29) is 5.91 Å². The molecule has 0 unspecified atom stereocenters. The molecular weight excluding hydrogens is 240 g/mol. The number of allylic oxidation sites excluding steroid dienone is 1. The fraction of sp³-hybridized carbons (Fsp3) is 0.364. The number of amides is 1. The molecule has 1 amide bonds. The molecule has 0 atom stereocenters. The first-order chi connectivity index (χ1) is 8.08. The molecule has 0 aromatic carbocycles. The summed E-state index contributed by atoms with van der Waals surface area (Å²) in [6, 6.07) is 0. The summed E-state index contributed by atoms with van der Waals surface area (Å²) >= 11 is 1.11. The molecule has 92 valence electrons. The van der Waals surface area contributed by atoms with Crippen LogP contribution >= 0.6 is 11.3 Å². The number of aromatic nitrogens is 1. The van der Waals surface area contributed by atoms with E-state index in [0.717, 1.165) is 11.3 Å². The minimum absolute atomic E-state index is 0.267. The highest BCUT2D eigenvalue weighted by molar-refractivity contribution is 7.17. The fourth-order valence-corrected chi connectivity index (χ4v) is 2.00. The molecule has 0 aliphatic rings. The van der Waals surface area contributed by atoms with Crippen molar-refractivity contribution in [3.63, 3.8) is 0 Å². The number of hydrogen-bond acceptors (Lipinski definition) is 5. The van der Waals surface area contributed by atoms with E-state index in [9.17, 15) is 9.59 Å². The number of ether oxygens (including phenoxy) is 1. The maximum atomic E-state index is 11.5. The van der Waals surface area contributed by atoms with E-state index in [1.54, 1.807) is 26.8 Å². The summed E-state index contributed by atoms with van der Waals surface area (Å²) < 4.78 is 4.88. The van der Waals surface area contributed by atoms with Crippen molar-refractivity contribution < 1.29 is 14.3 Å². The molecule has 0 aliphatic heterocycles. The van der Waals surface area contributed by atoms with Gasteiger partial charge in [0.2, 0.25) is 5.91 Å². The quantitative estimate of drug-likeness (QED) is 0.660. The summed E-state index contributed by atoms with van der Waals surface area (Å²) in [6.45, 7) is 5.50. The SMILES string of the molecule is C/C=C/C(=O)Nc1nc(C)c(C(=O)OCC)s1. The van der Waals surface area contributed by atoms with Crippen molar-refractivity contribution in [2.45, 2.75) is 20.8 Å². The maximum absolute atomic E-state index is 11.5. The lowest BCUT2D eigenvalue weighted by molar-refractivity contribution is -0.111. The third-order valence-corrected chi connectivity index (χ3v) is 2.86. The van der Waals surface area contributed by atoms with Gasteiger partial charge in [-0.3, -0.25) is 10.1 Å². The Morgan fingerprint density at radius 2 is 2.24 bits per heavy atom.